The lowest BCUT2D eigenvalue weighted by molar-refractivity contribution is 0.0951. The minimum atomic E-state index is -0.267. The monoisotopic (exact) mass is 431 g/mol. The van der Waals surface area contributed by atoms with E-state index in [1.165, 1.54) is 12.1 Å². The molecule has 3 aromatic carbocycles. The summed E-state index contributed by atoms with van der Waals surface area (Å²) in [4.78, 5) is 12.7. The second kappa shape index (κ2) is 10.1. The van der Waals surface area contributed by atoms with E-state index in [1.54, 1.807) is 24.4 Å². The van der Waals surface area contributed by atoms with E-state index < -0.39 is 0 Å². The number of carbonyl (C=O) groups is 1. The summed E-state index contributed by atoms with van der Waals surface area (Å²) in [6, 6.07) is 19.6. The molecule has 0 aliphatic heterocycles. The maximum atomic E-state index is 13.2. The molecule has 164 valence electrons. The van der Waals surface area contributed by atoms with Crippen LogP contribution in [-0.2, 0) is 13.1 Å². The summed E-state index contributed by atoms with van der Waals surface area (Å²) in [6.45, 7) is 3.78. The third-order valence-electron chi connectivity index (χ3n) is 5.30. The summed E-state index contributed by atoms with van der Waals surface area (Å²) >= 11 is 0. The van der Waals surface area contributed by atoms with E-state index in [4.69, 9.17) is 4.74 Å². The number of ether oxygens (including phenoxy) is 1. The lowest BCUT2D eigenvalue weighted by Gasteiger charge is -2.09. The van der Waals surface area contributed by atoms with Crippen molar-refractivity contribution in [1.82, 2.24) is 15.1 Å². The van der Waals surface area contributed by atoms with Crippen LogP contribution in [0.25, 0.3) is 10.9 Å². The smallest absolute Gasteiger partial charge is 0.251 e. The third-order valence-corrected chi connectivity index (χ3v) is 5.30. The minimum Gasteiger partial charge on any atom is -0.494 e. The van der Waals surface area contributed by atoms with E-state index in [1.807, 2.05) is 41.1 Å². The minimum absolute atomic E-state index is 0.148. The Hall–Kier alpha value is -3.67. The van der Waals surface area contributed by atoms with Gasteiger partial charge in [0.05, 0.1) is 24.9 Å². The zero-order chi connectivity index (χ0) is 22.3. The molecule has 1 N–H and O–H groups in total. The van der Waals surface area contributed by atoms with Crippen molar-refractivity contribution in [2.75, 3.05) is 6.61 Å². The van der Waals surface area contributed by atoms with Gasteiger partial charge >= 0.3 is 0 Å². The van der Waals surface area contributed by atoms with Crippen LogP contribution in [0.15, 0.2) is 72.9 Å². The van der Waals surface area contributed by atoms with Gasteiger partial charge in [-0.25, -0.2) is 4.39 Å². The Morgan fingerprint density at radius 2 is 1.78 bits per heavy atom. The molecule has 0 radical (unpaired) electrons. The fourth-order valence-corrected chi connectivity index (χ4v) is 3.42. The molecule has 0 unspecified atom stereocenters. The van der Waals surface area contributed by atoms with Crippen molar-refractivity contribution in [2.45, 2.75) is 32.9 Å². The maximum Gasteiger partial charge on any atom is 0.251 e. The Bertz CT molecular complexity index is 1180. The summed E-state index contributed by atoms with van der Waals surface area (Å²) in [5.41, 5.74) is 3.37. The van der Waals surface area contributed by atoms with E-state index in [0.717, 1.165) is 40.6 Å². The average Bonchev–Trinajstić information content (AvgIpc) is 3.22. The van der Waals surface area contributed by atoms with Crippen molar-refractivity contribution in [3.05, 3.63) is 95.4 Å². The number of halogens is 1. The molecule has 1 aromatic heterocycles. The standard InChI is InChI=1S/C26H26FN3O2/c1-2-3-14-32-24-12-6-19(7-13-24)16-28-26(31)21-8-9-22-17-29-30(25(22)15-21)18-20-4-10-23(27)11-5-20/h4-13,15,17H,2-3,14,16,18H2,1H3,(H,28,31). The Morgan fingerprint density at radius 3 is 2.53 bits per heavy atom. The first-order valence-corrected chi connectivity index (χ1v) is 10.8. The molecular weight excluding hydrogens is 405 g/mol. The molecule has 0 saturated carbocycles. The van der Waals surface area contributed by atoms with Crippen LogP contribution in [0.5, 0.6) is 5.75 Å². The van der Waals surface area contributed by atoms with Crippen LogP contribution >= 0.6 is 0 Å². The highest BCUT2D eigenvalue weighted by Crippen LogP contribution is 2.18. The number of carbonyl (C=O) groups excluding carboxylic acids is 1. The topological polar surface area (TPSA) is 56.1 Å². The summed E-state index contributed by atoms with van der Waals surface area (Å²) in [7, 11) is 0. The Kier molecular flexibility index (Phi) is 6.80. The number of rotatable bonds is 9. The molecule has 4 aromatic rings. The summed E-state index contributed by atoms with van der Waals surface area (Å²) < 4.78 is 20.7. The van der Waals surface area contributed by atoms with Gasteiger partial charge in [-0.05, 0) is 53.9 Å². The number of amides is 1. The van der Waals surface area contributed by atoms with Gasteiger partial charge in [0.2, 0.25) is 0 Å². The van der Waals surface area contributed by atoms with Crippen LogP contribution in [0.4, 0.5) is 4.39 Å². The van der Waals surface area contributed by atoms with Crippen LogP contribution in [0.2, 0.25) is 0 Å². The molecule has 0 aliphatic carbocycles. The predicted octanol–water partition coefficient (Wildman–Crippen LogP) is 5.33. The number of aromatic nitrogens is 2. The molecule has 0 aliphatic rings. The molecule has 0 spiro atoms. The molecule has 6 heteroatoms. The van der Waals surface area contributed by atoms with Gasteiger partial charge in [-0.15, -0.1) is 0 Å². The molecule has 4 rings (SSSR count). The highest BCUT2D eigenvalue weighted by atomic mass is 19.1. The van der Waals surface area contributed by atoms with Gasteiger partial charge in [0.1, 0.15) is 11.6 Å². The molecular formula is C26H26FN3O2. The average molecular weight is 432 g/mol. The number of unbranched alkanes of at least 4 members (excludes halogenated alkanes) is 1. The Morgan fingerprint density at radius 1 is 1.03 bits per heavy atom. The van der Waals surface area contributed by atoms with Crippen molar-refractivity contribution in [1.29, 1.82) is 0 Å². The number of hydrogen-bond acceptors (Lipinski definition) is 3. The highest BCUT2D eigenvalue weighted by Gasteiger charge is 2.10. The van der Waals surface area contributed by atoms with Crippen LogP contribution < -0.4 is 10.1 Å². The van der Waals surface area contributed by atoms with Crippen molar-refractivity contribution >= 4 is 16.8 Å². The number of hydrogen-bond donors (Lipinski definition) is 1. The fraction of sp³-hybridized carbons (Fsp3) is 0.231. The summed E-state index contributed by atoms with van der Waals surface area (Å²) in [5, 5.41) is 8.34. The maximum absolute atomic E-state index is 13.2. The van der Waals surface area contributed by atoms with E-state index >= 15 is 0 Å². The Balaban J connectivity index is 1.40. The van der Waals surface area contributed by atoms with Crippen molar-refractivity contribution in [3.63, 3.8) is 0 Å². The second-order valence-corrected chi connectivity index (χ2v) is 7.73. The van der Waals surface area contributed by atoms with E-state index in [2.05, 4.69) is 17.3 Å². The molecule has 1 amide bonds. The SMILES string of the molecule is CCCCOc1ccc(CNC(=O)c2ccc3cnn(Cc4ccc(F)cc4)c3c2)cc1. The van der Waals surface area contributed by atoms with Crippen molar-refractivity contribution in [2.24, 2.45) is 0 Å². The Labute approximate surface area is 186 Å². The normalized spacial score (nSPS) is 10.9. The number of fused-ring (bicyclic) bond motifs is 1. The first-order valence-electron chi connectivity index (χ1n) is 10.8. The first kappa shape index (κ1) is 21.6. The lowest BCUT2D eigenvalue weighted by Crippen LogP contribution is -2.22. The van der Waals surface area contributed by atoms with Gasteiger partial charge in [-0.2, -0.15) is 5.10 Å². The van der Waals surface area contributed by atoms with Crippen molar-refractivity contribution < 1.29 is 13.9 Å². The van der Waals surface area contributed by atoms with E-state index in [-0.39, 0.29) is 11.7 Å². The highest BCUT2D eigenvalue weighted by molar-refractivity contribution is 5.97. The molecule has 0 saturated heterocycles. The second-order valence-electron chi connectivity index (χ2n) is 7.73. The molecule has 0 atom stereocenters. The van der Waals surface area contributed by atoms with Crippen molar-refractivity contribution in [3.8, 4) is 5.75 Å². The summed E-state index contributed by atoms with van der Waals surface area (Å²) in [5.74, 6) is 0.426. The van der Waals surface area contributed by atoms with Gasteiger partial charge in [-0.1, -0.05) is 43.7 Å². The van der Waals surface area contributed by atoms with Gasteiger partial charge < -0.3 is 10.1 Å². The zero-order valence-electron chi connectivity index (χ0n) is 18.1. The van der Waals surface area contributed by atoms with Gasteiger partial charge in [0.15, 0.2) is 0 Å². The molecule has 1 heterocycles. The van der Waals surface area contributed by atoms with Crippen LogP contribution in [0.3, 0.4) is 0 Å². The van der Waals surface area contributed by atoms with Crippen LogP contribution in [0, 0.1) is 5.82 Å². The van der Waals surface area contributed by atoms with Gasteiger partial charge in [-0.3, -0.25) is 9.48 Å². The zero-order valence-corrected chi connectivity index (χ0v) is 18.1. The number of benzene rings is 3. The third kappa shape index (κ3) is 5.32. The van der Waals surface area contributed by atoms with Crippen LogP contribution in [-0.4, -0.2) is 22.3 Å². The van der Waals surface area contributed by atoms with E-state index in [9.17, 15) is 9.18 Å². The number of nitrogens with zero attached hydrogens (tertiary/aromatic N) is 2. The summed E-state index contributed by atoms with van der Waals surface area (Å²) in [6.07, 6.45) is 3.90. The molecule has 5 nitrogen and oxygen atoms in total. The fourth-order valence-electron chi connectivity index (χ4n) is 3.42. The van der Waals surface area contributed by atoms with E-state index in [0.29, 0.717) is 25.3 Å². The number of nitrogens with one attached hydrogen (secondary N) is 1. The van der Waals surface area contributed by atoms with Crippen LogP contribution in [0.1, 0.15) is 41.3 Å². The van der Waals surface area contributed by atoms with Gasteiger partial charge in [0.25, 0.3) is 5.91 Å². The largest absolute Gasteiger partial charge is 0.494 e. The quantitative estimate of drug-likeness (QED) is 0.364. The predicted molar refractivity (Wildman–Crippen MR) is 123 cm³/mol. The molecule has 0 bridgehead atoms. The molecule has 0 fully saturated rings. The van der Waals surface area contributed by atoms with Gasteiger partial charge in [0, 0.05) is 17.5 Å². The molecule has 32 heavy (non-hydrogen) atoms. The lowest BCUT2D eigenvalue weighted by atomic mass is 10.1. The first-order chi connectivity index (χ1) is 15.6.